The average Bonchev–Trinajstić information content (AvgIpc) is 3.77. The quantitative estimate of drug-likeness (QED) is 0.476. The van der Waals surface area contributed by atoms with Crippen LogP contribution in [0.2, 0.25) is 0 Å². The monoisotopic (exact) mass is 521 g/mol. The van der Waals surface area contributed by atoms with Crippen molar-refractivity contribution in [3.63, 3.8) is 0 Å². The van der Waals surface area contributed by atoms with Crippen molar-refractivity contribution in [2.24, 2.45) is 0 Å². The molecule has 6 rings (SSSR count). The summed E-state index contributed by atoms with van der Waals surface area (Å²) in [6.07, 6.45) is 7.83. The number of halogens is 1. The van der Waals surface area contributed by atoms with Crippen molar-refractivity contribution in [1.82, 2.24) is 30.5 Å². The van der Waals surface area contributed by atoms with Gasteiger partial charge in [0.15, 0.2) is 0 Å². The van der Waals surface area contributed by atoms with Crippen LogP contribution in [0.15, 0.2) is 30.6 Å². The van der Waals surface area contributed by atoms with Gasteiger partial charge in [0.25, 0.3) is 11.8 Å². The van der Waals surface area contributed by atoms with Gasteiger partial charge in [0.2, 0.25) is 5.95 Å². The summed E-state index contributed by atoms with van der Waals surface area (Å²) in [6, 6.07) is 5.40. The summed E-state index contributed by atoms with van der Waals surface area (Å²) >= 11 is 0. The second kappa shape index (κ2) is 9.61. The number of aromatic hydroxyl groups is 1. The predicted molar refractivity (Wildman–Crippen MR) is 139 cm³/mol. The minimum atomic E-state index is -1.01. The van der Waals surface area contributed by atoms with Gasteiger partial charge in [-0.1, -0.05) is 6.07 Å². The minimum absolute atomic E-state index is 0.00455. The fourth-order valence-electron chi connectivity index (χ4n) is 5.94. The van der Waals surface area contributed by atoms with Gasteiger partial charge in [0.1, 0.15) is 17.6 Å². The summed E-state index contributed by atoms with van der Waals surface area (Å²) in [5.41, 5.74) is 1.57. The zero-order valence-electron chi connectivity index (χ0n) is 21.8. The van der Waals surface area contributed by atoms with E-state index in [0.717, 1.165) is 38.5 Å². The fraction of sp³-hybridized carbons (Fsp3) is 0.519. The van der Waals surface area contributed by atoms with Crippen molar-refractivity contribution in [2.45, 2.75) is 75.3 Å². The van der Waals surface area contributed by atoms with Crippen molar-refractivity contribution in [2.75, 3.05) is 19.1 Å². The molecule has 200 valence electrons. The summed E-state index contributed by atoms with van der Waals surface area (Å²) in [5.74, 6) is 0.982. The lowest BCUT2D eigenvalue weighted by Crippen LogP contribution is -2.69. The zero-order valence-corrected chi connectivity index (χ0v) is 21.8. The molecule has 2 bridgehead atoms. The standard InChI is InChI=1S/C27H32FN7O3/c1-27-10-4-5-16(32-27)12-21(23(27)28)35(17-7-8-17)26-30-14-20(33-34-26)18-9-6-15(11-22(18)36)19-13-29-24(37-2)25(31-19)38-3/h6,9,11,13-14,16-17,21,23,32,36H,4-5,7-8,10,12H2,1-3H3/t16-,21-,23-,27+/m0/s1. The van der Waals surface area contributed by atoms with E-state index < -0.39 is 11.7 Å². The summed E-state index contributed by atoms with van der Waals surface area (Å²) in [6.45, 7) is 2.00. The highest BCUT2D eigenvalue weighted by molar-refractivity contribution is 5.72. The fourth-order valence-corrected chi connectivity index (χ4v) is 5.94. The summed E-state index contributed by atoms with van der Waals surface area (Å²) in [5, 5.41) is 23.1. The van der Waals surface area contributed by atoms with Gasteiger partial charge in [-0.05, 0) is 57.6 Å². The molecule has 3 aromatic rings. The van der Waals surface area contributed by atoms with Crippen molar-refractivity contribution in [1.29, 1.82) is 0 Å². The molecule has 2 aromatic heterocycles. The number of anilines is 1. The van der Waals surface area contributed by atoms with E-state index in [0.29, 0.717) is 34.5 Å². The normalized spacial score (nSPS) is 26.6. The van der Waals surface area contributed by atoms with Gasteiger partial charge < -0.3 is 24.8 Å². The first-order chi connectivity index (χ1) is 18.4. The molecule has 2 aliphatic heterocycles. The Morgan fingerprint density at radius 3 is 2.53 bits per heavy atom. The van der Waals surface area contributed by atoms with Crippen LogP contribution in [-0.4, -0.2) is 74.3 Å². The van der Waals surface area contributed by atoms with Crippen molar-refractivity contribution in [3.05, 3.63) is 30.6 Å². The van der Waals surface area contributed by atoms with Gasteiger partial charge in [0.05, 0.1) is 38.3 Å². The van der Waals surface area contributed by atoms with Crippen molar-refractivity contribution < 1.29 is 19.0 Å². The van der Waals surface area contributed by atoms with Crippen molar-refractivity contribution >= 4 is 5.95 Å². The number of hydrogen-bond donors (Lipinski definition) is 2. The highest BCUT2D eigenvalue weighted by atomic mass is 19.1. The molecule has 3 aliphatic rings. The molecule has 4 heterocycles. The maximum Gasteiger partial charge on any atom is 0.278 e. The number of phenolic OH excluding ortho intramolecular Hbond substituents is 1. The third-order valence-electron chi connectivity index (χ3n) is 8.00. The molecule has 3 fully saturated rings. The van der Waals surface area contributed by atoms with E-state index in [-0.39, 0.29) is 29.6 Å². The number of hydrogen-bond acceptors (Lipinski definition) is 10. The van der Waals surface area contributed by atoms with Crippen molar-refractivity contribution in [3.8, 4) is 40.0 Å². The number of fused-ring (bicyclic) bond motifs is 2. The second-order valence-corrected chi connectivity index (χ2v) is 10.6. The van der Waals surface area contributed by atoms with Gasteiger partial charge in [-0.25, -0.2) is 19.3 Å². The number of ether oxygens (including phenoxy) is 2. The minimum Gasteiger partial charge on any atom is -0.507 e. The number of aromatic nitrogens is 5. The molecule has 38 heavy (non-hydrogen) atoms. The second-order valence-electron chi connectivity index (χ2n) is 10.6. The topological polar surface area (TPSA) is 118 Å². The van der Waals surface area contributed by atoms with Crippen LogP contribution in [-0.2, 0) is 0 Å². The lowest BCUT2D eigenvalue weighted by Gasteiger charge is -2.52. The lowest BCUT2D eigenvalue weighted by atomic mass is 9.73. The maximum atomic E-state index is 15.9. The molecule has 10 nitrogen and oxygen atoms in total. The molecule has 2 saturated heterocycles. The van der Waals surface area contributed by atoms with E-state index in [4.69, 9.17) is 9.47 Å². The Labute approximate surface area is 220 Å². The SMILES string of the molecule is COc1ncc(-c2ccc(-c3cnc(N(C4CC4)[C@H]4C[C@@H]5CCC[C@@](C)(N5)[C@H]4F)nn3)c(O)c2)nc1OC. The molecular formula is C27H32FN7O3. The van der Waals surface area contributed by atoms with E-state index in [1.165, 1.54) is 14.2 Å². The van der Waals surface area contributed by atoms with Gasteiger partial charge in [0, 0.05) is 28.7 Å². The Morgan fingerprint density at radius 2 is 1.84 bits per heavy atom. The average molecular weight is 522 g/mol. The largest absolute Gasteiger partial charge is 0.507 e. The Morgan fingerprint density at radius 1 is 1.05 bits per heavy atom. The number of benzene rings is 1. The van der Waals surface area contributed by atoms with Gasteiger partial charge in [-0.15, -0.1) is 10.2 Å². The van der Waals surface area contributed by atoms with Gasteiger partial charge in [-0.3, -0.25) is 0 Å². The molecule has 4 atom stereocenters. The van der Waals surface area contributed by atoms with Gasteiger partial charge in [-0.2, -0.15) is 0 Å². The Hall–Kier alpha value is -3.60. The smallest absolute Gasteiger partial charge is 0.278 e. The van der Waals surface area contributed by atoms with Crippen LogP contribution in [0.1, 0.15) is 45.4 Å². The third kappa shape index (κ3) is 4.38. The first-order valence-electron chi connectivity index (χ1n) is 13.1. The number of alkyl halides is 1. The van der Waals surface area contributed by atoms with Crippen LogP contribution in [0.25, 0.3) is 22.5 Å². The van der Waals surface area contributed by atoms with Crippen LogP contribution in [0.5, 0.6) is 17.5 Å². The van der Waals surface area contributed by atoms with Gasteiger partial charge >= 0.3 is 0 Å². The molecule has 1 aliphatic carbocycles. The summed E-state index contributed by atoms with van der Waals surface area (Å²) in [7, 11) is 2.98. The summed E-state index contributed by atoms with van der Waals surface area (Å²) in [4.78, 5) is 15.3. The number of nitrogens with zero attached hydrogens (tertiary/aromatic N) is 6. The molecule has 1 saturated carbocycles. The number of methoxy groups -OCH3 is 2. The molecule has 0 radical (unpaired) electrons. The van der Waals surface area contributed by atoms with Crippen LogP contribution in [0.4, 0.5) is 10.3 Å². The van der Waals surface area contributed by atoms with E-state index >= 15 is 4.39 Å². The number of piperidine rings is 2. The van der Waals surface area contributed by atoms with Crippen LogP contribution < -0.4 is 19.7 Å². The van der Waals surface area contributed by atoms with Crippen LogP contribution >= 0.6 is 0 Å². The van der Waals surface area contributed by atoms with E-state index in [1.807, 2.05) is 6.92 Å². The lowest BCUT2D eigenvalue weighted by molar-refractivity contribution is 0.0383. The molecular weight excluding hydrogens is 489 g/mol. The Kier molecular flexibility index (Phi) is 6.25. The van der Waals surface area contributed by atoms with Crippen LogP contribution in [0.3, 0.4) is 0 Å². The Bertz CT molecular complexity index is 1320. The molecule has 0 amide bonds. The number of phenols is 1. The Balaban J connectivity index is 1.25. The molecule has 11 heteroatoms. The predicted octanol–water partition coefficient (Wildman–Crippen LogP) is 3.70. The van der Waals surface area contributed by atoms with E-state index in [1.54, 1.807) is 30.6 Å². The van der Waals surface area contributed by atoms with E-state index in [9.17, 15) is 5.11 Å². The molecule has 1 aromatic carbocycles. The highest BCUT2D eigenvalue weighted by Crippen LogP contribution is 2.42. The number of rotatable bonds is 7. The molecule has 0 spiro atoms. The third-order valence-corrected chi connectivity index (χ3v) is 8.00. The van der Waals surface area contributed by atoms with Crippen LogP contribution in [0, 0.1) is 0 Å². The number of nitrogens with one attached hydrogen (secondary N) is 1. The maximum absolute atomic E-state index is 15.9. The first kappa shape index (κ1) is 24.7. The summed E-state index contributed by atoms with van der Waals surface area (Å²) < 4.78 is 26.2. The van der Waals surface area contributed by atoms with E-state index in [2.05, 4.69) is 35.4 Å². The molecule has 0 unspecified atom stereocenters. The highest BCUT2D eigenvalue weighted by Gasteiger charge is 2.52. The first-order valence-corrected chi connectivity index (χ1v) is 13.1. The molecule has 2 N–H and O–H groups in total. The zero-order chi connectivity index (χ0) is 26.4.